The fraction of sp³-hybridized carbons (Fsp3) is 0.429. The molecule has 0 atom stereocenters. The maximum absolute atomic E-state index is 11.0. The summed E-state index contributed by atoms with van der Waals surface area (Å²) in [4.78, 5) is 15.6. The topological polar surface area (TPSA) is 84.1 Å². The van der Waals surface area contributed by atoms with Gasteiger partial charge < -0.3 is 19.4 Å². The van der Waals surface area contributed by atoms with Crippen molar-refractivity contribution in [3.05, 3.63) is 29.7 Å². The first-order chi connectivity index (χ1) is 9.41. The number of hydrogen-bond donors (Lipinski definition) is 2. The maximum atomic E-state index is 11.0. The quantitative estimate of drug-likeness (QED) is 0.868. The molecule has 4 heterocycles. The first-order valence-corrected chi connectivity index (χ1v) is 6.50. The zero-order valence-electron chi connectivity index (χ0n) is 11.0. The molecule has 0 aromatic carbocycles. The van der Waals surface area contributed by atoms with Gasteiger partial charge in [-0.1, -0.05) is 0 Å². The molecule has 0 unspecified atom stereocenters. The standard InChI is InChI=1S/C14H14N2O4/c1-13-5-14(6-13,7-20-13)10-4-16-3-8(12(18)19)9(17)2-11(16)15-10/h2-4,17H,5-7H2,1H3,(H,18,19). The third kappa shape index (κ3) is 1.37. The first-order valence-electron chi connectivity index (χ1n) is 6.50. The molecule has 3 fully saturated rings. The van der Waals surface area contributed by atoms with E-state index in [0.717, 1.165) is 18.5 Å². The van der Waals surface area contributed by atoms with Crippen LogP contribution in [-0.2, 0) is 10.2 Å². The second-order valence-electron chi connectivity index (χ2n) is 6.14. The van der Waals surface area contributed by atoms with Crippen molar-refractivity contribution in [1.82, 2.24) is 9.38 Å². The molecular formula is C14H14N2O4. The number of carboxylic acid groups (broad SMARTS) is 1. The molecule has 2 aromatic heterocycles. The third-order valence-corrected chi connectivity index (χ3v) is 4.47. The molecule has 1 saturated carbocycles. The molecule has 2 bridgehead atoms. The van der Waals surface area contributed by atoms with E-state index in [1.54, 1.807) is 4.40 Å². The maximum Gasteiger partial charge on any atom is 0.341 e. The van der Waals surface area contributed by atoms with Gasteiger partial charge in [-0.25, -0.2) is 9.78 Å². The van der Waals surface area contributed by atoms with Crippen molar-refractivity contribution in [3.63, 3.8) is 0 Å². The van der Waals surface area contributed by atoms with Crippen LogP contribution in [0.5, 0.6) is 5.75 Å². The van der Waals surface area contributed by atoms with Gasteiger partial charge in [0.2, 0.25) is 0 Å². The number of nitrogens with zero attached hydrogens (tertiary/aromatic N) is 2. The first kappa shape index (κ1) is 11.7. The molecule has 2 aromatic rings. The molecule has 2 saturated heterocycles. The van der Waals surface area contributed by atoms with E-state index in [2.05, 4.69) is 11.9 Å². The van der Waals surface area contributed by atoms with Crippen molar-refractivity contribution in [2.24, 2.45) is 0 Å². The lowest BCUT2D eigenvalue weighted by atomic mass is 9.62. The van der Waals surface area contributed by atoms with Gasteiger partial charge in [0, 0.05) is 23.9 Å². The van der Waals surface area contributed by atoms with E-state index in [4.69, 9.17) is 9.84 Å². The summed E-state index contributed by atoms with van der Waals surface area (Å²) >= 11 is 0. The van der Waals surface area contributed by atoms with Crippen LogP contribution in [0, 0.1) is 0 Å². The van der Waals surface area contributed by atoms with Crippen molar-refractivity contribution in [2.75, 3.05) is 6.61 Å². The number of hydrogen-bond acceptors (Lipinski definition) is 4. The van der Waals surface area contributed by atoms with E-state index < -0.39 is 5.97 Å². The Labute approximate surface area is 114 Å². The summed E-state index contributed by atoms with van der Waals surface area (Å²) in [5.74, 6) is -1.42. The van der Waals surface area contributed by atoms with Crippen LogP contribution in [0.1, 0.15) is 35.8 Å². The Kier molecular flexibility index (Phi) is 1.95. The molecule has 104 valence electrons. The Morgan fingerprint density at radius 3 is 2.80 bits per heavy atom. The summed E-state index contributed by atoms with van der Waals surface area (Å²) < 4.78 is 7.42. The van der Waals surface area contributed by atoms with E-state index in [1.165, 1.54) is 12.3 Å². The van der Waals surface area contributed by atoms with Crippen LogP contribution in [-0.4, -0.2) is 37.8 Å². The summed E-state index contributed by atoms with van der Waals surface area (Å²) in [5, 5.41) is 18.7. The molecule has 3 aliphatic rings. The second-order valence-corrected chi connectivity index (χ2v) is 6.14. The molecule has 5 rings (SSSR count). The van der Waals surface area contributed by atoms with Crippen molar-refractivity contribution in [2.45, 2.75) is 30.8 Å². The van der Waals surface area contributed by atoms with Gasteiger partial charge in [-0.15, -0.1) is 0 Å². The predicted molar refractivity (Wildman–Crippen MR) is 69.1 cm³/mol. The highest BCUT2D eigenvalue weighted by molar-refractivity contribution is 5.91. The number of fused-ring (bicyclic) bond motifs is 2. The van der Waals surface area contributed by atoms with Crippen LogP contribution in [0.25, 0.3) is 5.65 Å². The minimum absolute atomic E-state index is 0.0236. The van der Waals surface area contributed by atoms with Crippen LogP contribution in [0.15, 0.2) is 18.5 Å². The lowest BCUT2D eigenvalue weighted by Gasteiger charge is -2.41. The molecule has 20 heavy (non-hydrogen) atoms. The highest BCUT2D eigenvalue weighted by Gasteiger charge is 2.61. The van der Waals surface area contributed by atoms with E-state index in [9.17, 15) is 9.90 Å². The fourth-order valence-corrected chi connectivity index (χ4v) is 3.60. The van der Waals surface area contributed by atoms with E-state index in [1.807, 2.05) is 6.20 Å². The lowest BCUT2D eigenvalue weighted by molar-refractivity contribution is 0.0154. The summed E-state index contributed by atoms with van der Waals surface area (Å²) in [6, 6.07) is 1.39. The largest absolute Gasteiger partial charge is 0.507 e. The van der Waals surface area contributed by atoms with Crippen LogP contribution < -0.4 is 0 Å². The third-order valence-electron chi connectivity index (χ3n) is 4.47. The highest BCUT2D eigenvalue weighted by atomic mass is 16.5. The van der Waals surface area contributed by atoms with Crippen molar-refractivity contribution >= 4 is 11.6 Å². The molecule has 2 aliphatic heterocycles. The number of aromatic hydroxyl groups is 1. The van der Waals surface area contributed by atoms with E-state index in [0.29, 0.717) is 12.3 Å². The van der Waals surface area contributed by atoms with Gasteiger partial charge in [0.05, 0.1) is 17.9 Å². The molecule has 6 nitrogen and oxygen atoms in total. The monoisotopic (exact) mass is 274 g/mol. The Bertz CT molecular complexity index is 743. The molecule has 0 spiro atoms. The van der Waals surface area contributed by atoms with E-state index >= 15 is 0 Å². The van der Waals surface area contributed by atoms with Gasteiger partial charge in [0.15, 0.2) is 0 Å². The van der Waals surface area contributed by atoms with E-state index in [-0.39, 0.29) is 22.3 Å². The van der Waals surface area contributed by atoms with Crippen LogP contribution >= 0.6 is 0 Å². The van der Waals surface area contributed by atoms with Crippen LogP contribution in [0.4, 0.5) is 0 Å². The Morgan fingerprint density at radius 1 is 1.45 bits per heavy atom. The van der Waals surface area contributed by atoms with Gasteiger partial charge in [-0.05, 0) is 19.8 Å². The lowest BCUT2D eigenvalue weighted by Crippen LogP contribution is -2.45. The van der Waals surface area contributed by atoms with Gasteiger partial charge in [0.1, 0.15) is 17.0 Å². The SMILES string of the molecule is CC12CC(c3cn4cc(C(=O)O)c(O)cc4n3)(CO1)C2. The molecule has 0 radical (unpaired) electrons. The van der Waals surface area contributed by atoms with Gasteiger partial charge in [-0.3, -0.25) is 0 Å². The predicted octanol–water partition coefficient (Wildman–Crippen LogP) is 1.56. The highest BCUT2D eigenvalue weighted by Crippen LogP contribution is 2.58. The second kappa shape index (κ2) is 3.32. The summed E-state index contributed by atoms with van der Waals surface area (Å²) in [6.45, 7) is 2.76. The number of aromatic nitrogens is 2. The smallest absolute Gasteiger partial charge is 0.341 e. The summed E-state index contributed by atoms with van der Waals surface area (Å²) in [7, 11) is 0. The summed E-state index contributed by atoms with van der Waals surface area (Å²) in [5.41, 5.74) is 1.27. The number of carboxylic acids is 1. The van der Waals surface area contributed by atoms with Gasteiger partial charge >= 0.3 is 5.97 Å². The number of aromatic carboxylic acids is 1. The molecular weight excluding hydrogens is 260 g/mol. The van der Waals surface area contributed by atoms with Gasteiger partial charge in [-0.2, -0.15) is 0 Å². The molecule has 1 aliphatic carbocycles. The molecule has 0 amide bonds. The zero-order chi connectivity index (χ0) is 14.1. The minimum atomic E-state index is -1.15. The van der Waals surface area contributed by atoms with Crippen molar-refractivity contribution in [1.29, 1.82) is 0 Å². The number of rotatable bonds is 2. The number of ether oxygens (including phenoxy) is 1. The van der Waals surface area contributed by atoms with Crippen LogP contribution in [0.2, 0.25) is 0 Å². The Balaban J connectivity index is 1.82. The summed E-state index contributed by atoms with van der Waals surface area (Å²) in [6.07, 6.45) is 5.13. The normalized spacial score (nSPS) is 31.4. The minimum Gasteiger partial charge on any atom is -0.507 e. The zero-order valence-corrected chi connectivity index (χ0v) is 11.0. The number of carbonyl (C=O) groups is 1. The number of imidazole rings is 1. The van der Waals surface area contributed by atoms with Crippen molar-refractivity contribution < 1.29 is 19.7 Å². The number of pyridine rings is 1. The fourth-order valence-electron chi connectivity index (χ4n) is 3.60. The molecule has 6 heteroatoms. The van der Waals surface area contributed by atoms with Crippen molar-refractivity contribution in [3.8, 4) is 5.75 Å². The Hall–Kier alpha value is -2.08. The average molecular weight is 274 g/mol. The Morgan fingerprint density at radius 2 is 2.20 bits per heavy atom. The average Bonchev–Trinajstić information content (AvgIpc) is 2.97. The molecule has 2 N–H and O–H groups in total. The van der Waals surface area contributed by atoms with Gasteiger partial charge in [0.25, 0.3) is 0 Å². The van der Waals surface area contributed by atoms with Crippen LogP contribution in [0.3, 0.4) is 0 Å².